The number of aliphatic hydroxyl groups excluding tert-OH is 2. The monoisotopic (exact) mass is 1030 g/mol. The van der Waals surface area contributed by atoms with Crippen LogP contribution in [0.25, 0.3) is 10.8 Å². The minimum absolute atomic E-state index is 0.0194. The van der Waals surface area contributed by atoms with E-state index in [2.05, 4.69) is 24.1 Å². The number of anilines is 1. The van der Waals surface area contributed by atoms with Gasteiger partial charge in [0.25, 0.3) is 11.7 Å². The molecule has 1 spiro atoms. The van der Waals surface area contributed by atoms with Crippen molar-refractivity contribution in [3.05, 3.63) is 58.0 Å². The van der Waals surface area contributed by atoms with Crippen LogP contribution in [0.5, 0.6) is 17.2 Å². The standard InChI is InChI=1S/C55H76N6O13/c1-29(2)28-59-21-17-55(18-22-59)57-41-38-39-46(64)35(8)49-40(38)50(66)54(9,74-49)72-25-16-37(70-10)32(5)48(73-53(69)61-19-14-36(15-20-61)52(68)60-23-26-71-27-24-60)34(7)45(63)33(6)44(62)30(3)12-11-13-31(4)51(67)56-43(47(39)65)42(41)58-55/h11-13,16,25,29-30,32-34,36-37,44-45,48,62-65H,14-15,17-24,26-28H2,1-10H3,(H,56,67)/b12-11+,25-16+,31-13-/t30-,32+,33+,34+,37-,44-,45+,48+,54-/m0/s1. The SMILES string of the molecule is CO[C@H]1/C=C/O[C@@]2(C)Oc3c(C)c(O)c4c(O)c(c5c(c4c3C2=O)=NC2(CCN(CC(C)C)CC2)N=5)NC(=O)/C(C)=C\C=C\[C@H](C)[C@H](O)[C@@H](C)[C@@H](O)[C@@H](C)[C@H](OC(=O)N2CCC(C(=O)N3CCOCC3)CC2)[C@@H]1C. The van der Waals surface area contributed by atoms with Crippen molar-refractivity contribution in [2.45, 2.75) is 124 Å². The summed E-state index contributed by atoms with van der Waals surface area (Å²) in [4.78, 5) is 72.6. The van der Waals surface area contributed by atoms with E-state index in [1.165, 1.54) is 20.3 Å². The quantitative estimate of drug-likeness (QED) is 0.251. The average molecular weight is 1030 g/mol. The van der Waals surface area contributed by atoms with Gasteiger partial charge in [0, 0.05) is 119 Å². The second-order valence-corrected chi connectivity index (χ2v) is 21.9. The fourth-order valence-electron chi connectivity index (χ4n) is 11.5. The van der Waals surface area contributed by atoms with Gasteiger partial charge in [0.1, 0.15) is 28.6 Å². The molecule has 9 rings (SSSR count). The van der Waals surface area contributed by atoms with Gasteiger partial charge in [-0.15, -0.1) is 0 Å². The van der Waals surface area contributed by atoms with Crippen molar-refractivity contribution in [2.24, 2.45) is 45.5 Å². The van der Waals surface area contributed by atoms with E-state index in [0.29, 0.717) is 84.1 Å². The molecular formula is C55H76N6O13. The Hall–Kier alpha value is -5.60. The van der Waals surface area contributed by atoms with Crippen LogP contribution < -0.4 is 20.8 Å². The number of ketones is 1. The number of carbonyl (C=O) groups is 4. The summed E-state index contributed by atoms with van der Waals surface area (Å²) in [5.74, 6) is -6.52. The number of rotatable bonds is 5. The summed E-state index contributed by atoms with van der Waals surface area (Å²) < 4.78 is 30.4. The van der Waals surface area contributed by atoms with Crippen LogP contribution in [0, 0.1) is 42.4 Å². The predicted octanol–water partition coefficient (Wildman–Crippen LogP) is 4.89. The number of hydrogen-bond donors (Lipinski definition) is 5. The van der Waals surface area contributed by atoms with E-state index in [1.54, 1.807) is 70.7 Å². The highest BCUT2D eigenvalue weighted by Crippen LogP contribution is 2.50. The fraction of sp³-hybridized carbons (Fsp3) is 0.636. The molecule has 9 atom stereocenters. The molecule has 2 aromatic rings. The zero-order valence-corrected chi connectivity index (χ0v) is 44.6. The largest absolute Gasteiger partial charge is 0.507 e. The molecule has 3 amide bonds. The number of piperidine rings is 2. The Morgan fingerprint density at radius 1 is 0.865 bits per heavy atom. The van der Waals surface area contributed by atoms with Crippen LogP contribution in [0.1, 0.15) is 97.0 Å². The molecule has 0 unspecified atom stereocenters. The van der Waals surface area contributed by atoms with E-state index in [0.717, 1.165) is 6.54 Å². The van der Waals surface area contributed by atoms with Gasteiger partial charge in [0.15, 0.2) is 11.4 Å². The summed E-state index contributed by atoms with van der Waals surface area (Å²) in [6.07, 6.45) is 4.97. The van der Waals surface area contributed by atoms with Gasteiger partial charge in [-0.25, -0.2) is 4.79 Å². The van der Waals surface area contributed by atoms with E-state index in [9.17, 15) is 39.6 Å². The van der Waals surface area contributed by atoms with Gasteiger partial charge in [-0.3, -0.25) is 24.4 Å². The summed E-state index contributed by atoms with van der Waals surface area (Å²) in [5.41, 5.74) is -0.657. The number of phenols is 2. The highest BCUT2D eigenvalue weighted by atomic mass is 16.7. The van der Waals surface area contributed by atoms with E-state index >= 15 is 0 Å². The van der Waals surface area contributed by atoms with Gasteiger partial charge >= 0.3 is 11.9 Å². The zero-order valence-electron chi connectivity index (χ0n) is 44.6. The number of nitrogens with zero attached hydrogens (tertiary/aromatic N) is 5. The molecule has 404 valence electrons. The summed E-state index contributed by atoms with van der Waals surface area (Å²) in [6.45, 7) is 20.9. The molecule has 19 nitrogen and oxygen atoms in total. The third-order valence-corrected chi connectivity index (χ3v) is 16.2. The van der Waals surface area contributed by atoms with Gasteiger partial charge < -0.3 is 64.1 Å². The number of Topliss-reactive ketones (excluding diaryl/α,β-unsaturated/α-hetero) is 1. The van der Waals surface area contributed by atoms with Gasteiger partial charge in [0.2, 0.25) is 5.91 Å². The molecule has 3 fully saturated rings. The smallest absolute Gasteiger partial charge is 0.410 e. The zero-order chi connectivity index (χ0) is 53.6. The Kier molecular flexibility index (Phi) is 16.2. The molecule has 0 saturated carbocycles. The number of nitrogens with one attached hydrogen (secondary N) is 1. The molecule has 0 aromatic heterocycles. The van der Waals surface area contributed by atoms with Crippen LogP contribution in [0.3, 0.4) is 0 Å². The molecule has 2 aromatic carbocycles. The number of allylic oxidation sites excluding steroid dienone is 2. The van der Waals surface area contributed by atoms with Crippen LogP contribution in [-0.2, 0) is 28.5 Å². The molecule has 7 heterocycles. The minimum atomic E-state index is -2.01. The first-order valence-electron chi connectivity index (χ1n) is 26.3. The van der Waals surface area contributed by atoms with Crippen molar-refractivity contribution in [1.29, 1.82) is 0 Å². The number of fused-ring (bicyclic) bond motifs is 13. The van der Waals surface area contributed by atoms with E-state index in [1.807, 2.05) is 4.90 Å². The molecule has 5 N–H and O–H groups in total. The molecule has 19 heteroatoms. The van der Waals surface area contributed by atoms with Crippen LogP contribution >= 0.6 is 0 Å². The number of phenolic OH excluding ortho intramolecular Hbond substituents is 2. The maximum absolute atomic E-state index is 15.0. The second-order valence-electron chi connectivity index (χ2n) is 21.9. The van der Waals surface area contributed by atoms with E-state index < -0.39 is 83.1 Å². The molecule has 3 saturated heterocycles. The summed E-state index contributed by atoms with van der Waals surface area (Å²) >= 11 is 0. The van der Waals surface area contributed by atoms with Crippen molar-refractivity contribution in [1.82, 2.24) is 14.7 Å². The molecule has 0 radical (unpaired) electrons. The van der Waals surface area contributed by atoms with Crippen molar-refractivity contribution in [3.63, 3.8) is 0 Å². The number of carbonyl (C=O) groups excluding carboxylic acids is 4. The fourth-order valence-corrected chi connectivity index (χ4v) is 11.5. The van der Waals surface area contributed by atoms with Crippen molar-refractivity contribution in [2.75, 3.05) is 71.5 Å². The molecule has 7 aliphatic rings. The number of aromatic hydroxyl groups is 2. The lowest BCUT2D eigenvalue weighted by atomic mass is 9.78. The van der Waals surface area contributed by atoms with Crippen LogP contribution in [0.15, 0.2) is 46.1 Å². The molecule has 5 bridgehead atoms. The number of morpholine rings is 1. The van der Waals surface area contributed by atoms with Gasteiger partial charge in [0.05, 0.1) is 54.1 Å². The van der Waals surface area contributed by atoms with Gasteiger partial charge in [-0.05, 0) is 38.7 Å². The summed E-state index contributed by atoms with van der Waals surface area (Å²) in [5, 5.41) is 51.2. The molecule has 7 aliphatic heterocycles. The van der Waals surface area contributed by atoms with Crippen LogP contribution in [0.2, 0.25) is 0 Å². The Bertz CT molecular complexity index is 2720. The highest BCUT2D eigenvalue weighted by molar-refractivity contribution is 6.19. The Morgan fingerprint density at radius 2 is 1.53 bits per heavy atom. The maximum Gasteiger partial charge on any atom is 0.410 e. The molecule has 74 heavy (non-hydrogen) atoms. The van der Waals surface area contributed by atoms with Crippen LogP contribution in [-0.4, -0.2) is 161 Å². The lowest BCUT2D eigenvalue weighted by molar-refractivity contribution is -0.141. The second kappa shape index (κ2) is 21.9. The third kappa shape index (κ3) is 10.5. The van der Waals surface area contributed by atoms with Crippen molar-refractivity contribution < 1.29 is 63.3 Å². The maximum atomic E-state index is 15.0. The topological polar surface area (TPSA) is 242 Å². The summed E-state index contributed by atoms with van der Waals surface area (Å²) in [7, 11) is 1.47. The number of aliphatic hydroxyl groups is 2. The van der Waals surface area contributed by atoms with Crippen LogP contribution in [0.4, 0.5) is 10.5 Å². The van der Waals surface area contributed by atoms with Crippen molar-refractivity contribution in [3.8, 4) is 17.2 Å². The summed E-state index contributed by atoms with van der Waals surface area (Å²) in [6, 6.07) is 0. The first kappa shape index (κ1) is 54.7. The molecule has 0 aliphatic carbocycles. The molecular weight excluding hydrogens is 953 g/mol. The lowest BCUT2D eigenvalue weighted by Gasteiger charge is -2.40. The minimum Gasteiger partial charge on any atom is -0.507 e. The normalized spacial score (nSPS) is 31.8. The number of amides is 3. The Labute approximate surface area is 432 Å². The Morgan fingerprint density at radius 3 is 2.18 bits per heavy atom. The number of benzene rings is 2. The third-order valence-electron chi connectivity index (χ3n) is 16.2. The predicted molar refractivity (Wildman–Crippen MR) is 274 cm³/mol. The number of hydrogen-bond acceptors (Lipinski definition) is 16. The Balaban J connectivity index is 1.16. The highest BCUT2D eigenvalue weighted by Gasteiger charge is 2.50. The first-order chi connectivity index (χ1) is 35.1. The lowest BCUT2D eigenvalue weighted by Crippen LogP contribution is -2.50. The van der Waals surface area contributed by atoms with Gasteiger partial charge in [-0.1, -0.05) is 59.8 Å². The van der Waals surface area contributed by atoms with Gasteiger partial charge in [-0.2, -0.15) is 0 Å². The first-order valence-corrected chi connectivity index (χ1v) is 26.3. The van der Waals surface area contributed by atoms with Crippen molar-refractivity contribution >= 4 is 40.2 Å². The number of methoxy groups -OCH3 is 1. The van der Waals surface area contributed by atoms with E-state index in [-0.39, 0.29) is 67.2 Å². The average Bonchev–Trinajstić information content (AvgIpc) is 3.89. The number of ether oxygens (including phenoxy) is 5. The van der Waals surface area contributed by atoms with E-state index in [4.69, 9.17) is 33.7 Å². The number of likely N-dealkylation sites (tertiary alicyclic amines) is 2.